The van der Waals surface area contributed by atoms with Crippen LogP contribution in [0.1, 0.15) is 52.3 Å². The van der Waals surface area contributed by atoms with E-state index in [1.54, 1.807) is 24.3 Å². The van der Waals surface area contributed by atoms with E-state index in [-0.39, 0.29) is 11.9 Å². The molecule has 0 aliphatic heterocycles. The summed E-state index contributed by atoms with van der Waals surface area (Å²) in [7, 11) is 0. The summed E-state index contributed by atoms with van der Waals surface area (Å²) >= 11 is 1.50. The summed E-state index contributed by atoms with van der Waals surface area (Å²) in [6.07, 6.45) is 2.70. The fourth-order valence-corrected chi connectivity index (χ4v) is 4.07. The Morgan fingerprint density at radius 1 is 1.00 bits per heavy atom. The van der Waals surface area contributed by atoms with Crippen molar-refractivity contribution in [3.05, 3.63) is 76.7 Å². The molecule has 0 spiro atoms. The number of rotatable bonds is 8. The molecule has 0 atom stereocenters. The lowest BCUT2D eigenvalue weighted by Gasteiger charge is -2.06. The Hall–Kier alpha value is -2.92. The predicted octanol–water partition coefficient (Wildman–Crippen LogP) is 6.19. The first-order chi connectivity index (χ1) is 14.1. The molecule has 3 aromatic rings. The van der Waals surface area contributed by atoms with Crippen LogP contribution in [0.2, 0.25) is 0 Å². The Bertz CT molecular complexity index is 962. The number of hydrogen-bond donors (Lipinski definition) is 1. The first-order valence-corrected chi connectivity index (χ1v) is 10.7. The molecular formula is C24H25NO3S. The van der Waals surface area contributed by atoms with Crippen LogP contribution in [-0.2, 0) is 11.2 Å². The summed E-state index contributed by atoms with van der Waals surface area (Å²) in [6.45, 7) is 4.56. The zero-order valence-corrected chi connectivity index (χ0v) is 17.6. The van der Waals surface area contributed by atoms with Gasteiger partial charge in [-0.1, -0.05) is 50.6 Å². The van der Waals surface area contributed by atoms with Crippen molar-refractivity contribution in [1.82, 2.24) is 0 Å². The molecule has 0 aliphatic carbocycles. The topological polar surface area (TPSA) is 55.4 Å². The highest BCUT2D eigenvalue weighted by atomic mass is 32.1. The molecule has 0 radical (unpaired) electrons. The molecule has 1 amide bonds. The van der Waals surface area contributed by atoms with Gasteiger partial charge in [0.2, 0.25) is 0 Å². The molecule has 150 valence electrons. The van der Waals surface area contributed by atoms with Gasteiger partial charge in [0.25, 0.3) is 5.91 Å². The van der Waals surface area contributed by atoms with Crippen LogP contribution < -0.4 is 5.32 Å². The number of amides is 1. The quantitative estimate of drug-likeness (QED) is 0.358. The molecule has 1 heterocycles. The van der Waals surface area contributed by atoms with Gasteiger partial charge in [-0.3, -0.25) is 4.79 Å². The minimum Gasteiger partial charge on any atom is -0.462 e. The van der Waals surface area contributed by atoms with E-state index in [0.29, 0.717) is 22.7 Å². The molecule has 3 rings (SSSR count). The maximum absolute atomic E-state index is 12.7. The summed E-state index contributed by atoms with van der Waals surface area (Å²) in [5.74, 6) is -0.486. The number of unbranched alkanes of at least 4 members (excludes halogenated alkanes) is 1. The van der Waals surface area contributed by atoms with E-state index in [2.05, 4.69) is 24.4 Å². The van der Waals surface area contributed by atoms with E-state index >= 15 is 0 Å². The Kier molecular flexibility index (Phi) is 7.19. The summed E-state index contributed by atoms with van der Waals surface area (Å²) < 4.78 is 5.20. The second-order valence-electron chi connectivity index (χ2n) is 6.71. The lowest BCUT2D eigenvalue weighted by molar-refractivity contribution is 0.0499. The van der Waals surface area contributed by atoms with Crippen molar-refractivity contribution >= 4 is 28.9 Å². The van der Waals surface area contributed by atoms with E-state index < -0.39 is 0 Å². The molecule has 0 unspecified atom stereocenters. The van der Waals surface area contributed by atoms with Crippen molar-refractivity contribution in [2.45, 2.75) is 33.1 Å². The molecule has 2 aromatic carbocycles. The number of hydrogen-bond acceptors (Lipinski definition) is 4. The molecule has 29 heavy (non-hydrogen) atoms. The third-order valence-electron chi connectivity index (χ3n) is 4.56. The molecule has 5 heteroatoms. The molecule has 0 saturated carbocycles. The minimum atomic E-state index is -0.338. The predicted molar refractivity (Wildman–Crippen MR) is 119 cm³/mol. The zero-order chi connectivity index (χ0) is 20.6. The van der Waals surface area contributed by atoms with Gasteiger partial charge >= 0.3 is 5.97 Å². The number of aryl methyl sites for hydroxylation is 1. The summed E-state index contributed by atoms with van der Waals surface area (Å²) in [5, 5.41) is 2.91. The molecule has 0 fully saturated rings. The SMILES string of the molecule is CCCCOC(=O)c1ccc(NC(=O)c2cc(CC)c(-c3ccccc3)s2)cc1. The number of carbonyl (C=O) groups is 2. The van der Waals surface area contributed by atoms with Crippen LogP contribution in [-0.4, -0.2) is 18.5 Å². The van der Waals surface area contributed by atoms with Gasteiger partial charge in [-0.15, -0.1) is 11.3 Å². The molecule has 0 aliphatic rings. The number of ether oxygens (including phenoxy) is 1. The maximum Gasteiger partial charge on any atom is 0.338 e. The Morgan fingerprint density at radius 2 is 1.72 bits per heavy atom. The van der Waals surface area contributed by atoms with Gasteiger partial charge in [-0.25, -0.2) is 4.79 Å². The van der Waals surface area contributed by atoms with Crippen molar-refractivity contribution in [3.8, 4) is 10.4 Å². The van der Waals surface area contributed by atoms with Crippen LogP contribution >= 0.6 is 11.3 Å². The van der Waals surface area contributed by atoms with Gasteiger partial charge in [0.1, 0.15) is 0 Å². The minimum absolute atomic E-state index is 0.148. The Labute approximate surface area is 175 Å². The molecule has 1 N–H and O–H groups in total. The summed E-state index contributed by atoms with van der Waals surface area (Å²) in [5.41, 5.74) is 3.42. The first kappa shape index (κ1) is 20.8. The third-order valence-corrected chi connectivity index (χ3v) is 5.78. The van der Waals surface area contributed by atoms with Gasteiger partial charge in [-0.2, -0.15) is 0 Å². The largest absolute Gasteiger partial charge is 0.462 e. The van der Waals surface area contributed by atoms with Crippen LogP contribution in [0.5, 0.6) is 0 Å². The van der Waals surface area contributed by atoms with Crippen molar-refractivity contribution in [3.63, 3.8) is 0 Å². The number of carbonyl (C=O) groups excluding carboxylic acids is 2. The van der Waals surface area contributed by atoms with Gasteiger partial charge in [-0.05, 0) is 54.3 Å². The highest BCUT2D eigenvalue weighted by Crippen LogP contribution is 2.33. The number of esters is 1. The Morgan fingerprint density at radius 3 is 2.38 bits per heavy atom. The van der Waals surface area contributed by atoms with Crippen molar-refractivity contribution in [2.75, 3.05) is 11.9 Å². The first-order valence-electron chi connectivity index (χ1n) is 9.89. The number of thiophene rings is 1. The molecule has 4 nitrogen and oxygen atoms in total. The number of anilines is 1. The lowest BCUT2D eigenvalue weighted by atomic mass is 10.1. The second-order valence-corrected chi connectivity index (χ2v) is 7.76. The molecule has 0 bridgehead atoms. The van der Waals surface area contributed by atoms with Crippen molar-refractivity contribution in [1.29, 1.82) is 0 Å². The Balaban J connectivity index is 1.69. The fraction of sp³-hybridized carbons (Fsp3) is 0.250. The van der Waals surface area contributed by atoms with Gasteiger partial charge in [0.05, 0.1) is 17.0 Å². The summed E-state index contributed by atoms with van der Waals surface area (Å²) in [6, 6.07) is 18.9. The van der Waals surface area contributed by atoms with Gasteiger partial charge in [0.15, 0.2) is 0 Å². The third kappa shape index (κ3) is 5.33. The summed E-state index contributed by atoms with van der Waals surface area (Å²) in [4.78, 5) is 26.5. The standard InChI is InChI=1S/C24H25NO3S/c1-3-5-15-28-24(27)19-11-13-20(14-12-19)25-23(26)21-16-17(4-2)22(29-21)18-9-7-6-8-10-18/h6-14,16H,3-5,15H2,1-2H3,(H,25,26). The van der Waals surface area contributed by atoms with Crippen LogP contribution in [0, 0.1) is 0 Å². The van der Waals surface area contributed by atoms with Crippen LogP contribution in [0.15, 0.2) is 60.7 Å². The molecule has 1 aromatic heterocycles. The van der Waals surface area contributed by atoms with E-state index in [1.165, 1.54) is 11.3 Å². The van der Waals surface area contributed by atoms with E-state index in [1.807, 2.05) is 31.2 Å². The fourth-order valence-electron chi connectivity index (χ4n) is 2.91. The maximum atomic E-state index is 12.7. The molecule has 0 saturated heterocycles. The van der Waals surface area contributed by atoms with Crippen LogP contribution in [0.3, 0.4) is 0 Å². The van der Waals surface area contributed by atoms with Gasteiger partial charge < -0.3 is 10.1 Å². The normalized spacial score (nSPS) is 10.6. The number of benzene rings is 2. The highest BCUT2D eigenvalue weighted by Gasteiger charge is 2.15. The average molecular weight is 408 g/mol. The van der Waals surface area contributed by atoms with E-state index in [9.17, 15) is 9.59 Å². The zero-order valence-electron chi connectivity index (χ0n) is 16.7. The monoisotopic (exact) mass is 407 g/mol. The van der Waals surface area contributed by atoms with Crippen molar-refractivity contribution < 1.29 is 14.3 Å². The lowest BCUT2D eigenvalue weighted by Crippen LogP contribution is -2.11. The molecular weight excluding hydrogens is 382 g/mol. The second kappa shape index (κ2) is 10.0. The van der Waals surface area contributed by atoms with E-state index in [4.69, 9.17) is 4.74 Å². The number of nitrogens with one attached hydrogen (secondary N) is 1. The van der Waals surface area contributed by atoms with Crippen LogP contribution in [0.4, 0.5) is 5.69 Å². The van der Waals surface area contributed by atoms with Crippen molar-refractivity contribution in [2.24, 2.45) is 0 Å². The van der Waals surface area contributed by atoms with Gasteiger partial charge in [0, 0.05) is 10.6 Å². The highest BCUT2D eigenvalue weighted by molar-refractivity contribution is 7.17. The smallest absolute Gasteiger partial charge is 0.338 e. The van der Waals surface area contributed by atoms with E-state index in [0.717, 1.165) is 35.3 Å². The average Bonchev–Trinajstić information content (AvgIpc) is 3.20. The van der Waals surface area contributed by atoms with Crippen LogP contribution in [0.25, 0.3) is 10.4 Å².